The third kappa shape index (κ3) is 4.21. The first kappa shape index (κ1) is 14.9. The fourth-order valence-electron chi connectivity index (χ4n) is 3.75. The van der Waals surface area contributed by atoms with Crippen molar-refractivity contribution in [1.29, 1.82) is 0 Å². The van der Waals surface area contributed by atoms with E-state index in [0.717, 1.165) is 0 Å². The van der Waals surface area contributed by atoms with Crippen molar-refractivity contribution in [2.75, 3.05) is 37.6 Å². The summed E-state index contributed by atoms with van der Waals surface area (Å²) < 4.78 is 0. The molecule has 116 valence electrons. The van der Waals surface area contributed by atoms with Gasteiger partial charge in [0.25, 0.3) is 0 Å². The van der Waals surface area contributed by atoms with Crippen molar-refractivity contribution in [2.24, 2.45) is 0 Å². The summed E-state index contributed by atoms with van der Waals surface area (Å²) >= 11 is 0. The molecule has 2 aliphatic rings. The molecule has 1 aromatic carbocycles. The lowest BCUT2D eigenvalue weighted by molar-refractivity contribution is 0.274. The van der Waals surface area contributed by atoms with Gasteiger partial charge in [-0.05, 0) is 57.8 Å². The Morgan fingerprint density at radius 2 is 1.71 bits per heavy atom. The molecule has 0 bridgehead atoms. The van der Waals surface area contributed by atoms with Crippen molar-refractivity contribution < 1.29 is 0 Å². The van der Waals surface area contributed by atoms with E-state index in [1.54, 1.807) is 0 Å². The van der Waals surface area contributed by atoms with Crippen LogP contribution in [0.15, 0.2) is 30.3 Å². The molecule has 2 fully saturated rings. The van der Waals surface area contributed by atoms with Gasteiger partial charge in [-0.15, -0.1) is 0 Å². The van der Waals surface area contributed by atoms with E-state index in [9.17, 15) is 0 Å². The molecule has 3 rings (SSSR count). The van der Waals surface area contributed by atoms with Crippen LogP contribution in [0.1, 0.15) is 32.6 Å². The number of rotatable bonds is 5. The Labute approximate surface area is 129 Å². The number of anilines is 1. The van der Waals surface area contributed by atoms with Gasteiger partial charge in [-0.2, -0.15) is 0 Å². The first-order valence-corrected chi connectivity index (χ1v) is 8.59. The Kier molecular flexibility index (Phi) is 5.15. The normalized spacial score (nSPS) is 22.6. The fourth-order valence-corrected chi connectivity index (χ4v) is 3.75. The summed E-state index contributed by atoms with van der Waals surface area (Å²) in [7, 11) is 0. The van der Waals surface area contributed by atoms with Crippen LogP contribution in [0.25, 0.3) is 0 Å². The number of piperidine rings is 1. The van der Waals surface area contributed by atoms with Crippen molar-refractivity contribution in [3.63, 3.8) is 0 Å². The predicted octanol–water partition coefficient (Wildman–Crippen LogP) is 2.73. The van der Waals surface area contributed by atoms with Crippen LogP contribution < -0.4 is 10.2 Å². The van der Waals surface area contributed by atoms with Crippen LogP contribution >= 0.6 is 0 Å². The van der Waals surface area contributed by atoms with Crippen LogP contribution in [0.5, 0.6) is 0 Å². The van der Waals surface area contributed by atoms with Gasteiger partial charge in [-0.25, -0.2) is 0 Å². The molecule has 2 heterocycles. The third-order valence-corrected chi connectivity index (χ3v) is 4.87. The number of hydrogen-bond donors (Lipinski definition) is 1. The largest absolute Gasteiger partial charge is 0.371 e. The molecular formula is C18H29N3. The number of para-hydroxylation sites is 1. The summed E-state index contributed by atoms with van der Waals surface area (Å²) in [4.78, 5) is 5.13. The maximum absolute atomic E-state index is 3.85. The SMILES string of the molecule is CC(CN1CCCC1)NC1CCN(c2ccccc2)CC1. The highest BCUT2D eigenvalue weighted by molar-refractivity contribution is 5.46. The molecule has 1 aromatic rings. The minimum absolute atomic E-state index is 0.622. The zero-order chi connectivity index (χ0) is 14.5. The maximum Gasteiger partial charge on any atom is 0.0366 e. The van der Waals surface area contributed by atoms with E-state index < -0.39 is 0 Å². The molecule has 3 heteroatoms. The van der Waals surface area contributed by atoms with Crippen LogP contribution in [0.2, 0.25) is 0 Å². The molecular weight excluding hydrogens is 258 g/mol. The molecule has 21 heavy (non-hydrogen) atoms. The monoisotopic (exact) mass is 287 g/mol. The smallest absolute Gasteiger partial charge is 0.0366 e. The average molecular weight is 287 g/mol. The van der Waals surface area contributed by atoms with Crippen molar-refractivity contribution in [1.82, 2.24) is 10.2 Å². The van der Waals surface area contributed by atoms with E-state index in [1.165, 1.54) is 64.1 Å². The predicted molar refractivity (Wildman–Crippen MR) is 89.9 cm³/mol. The summed E-state index contributed by atoms with van der Waals surface area (Å²) in [6, 6.07) is 12.1. The van der Waals surface area contributed by atoms with Gasteiger partial charge in [0.1, 0.15) is 0 Å². The highest BCUT2D eigenvalue weighted by Crippen LogP contribution is 2.19. The lowest BCUT2D eigenvalue weighted by Gasteiger charge is -2.36. The summed E-state index contributed by atoms with van der Waals surface area (Å²) in [6.07, 6.45) is 5.31. The van der Waals surface area contributed by atoms with E-state index >= 15 is 0 Å². The van der Waals surface area contributed by atoms with Gasteiger partial charge in [0.05, 0.1) is 0 Å². The zero-order valence-electron chi connectivity index (χ0n) is 13.3. The summed E-state index contributed by atoms with van der Waals surface area (Å²) in [5, 5.41) is 3.85. The van der Waals surface area contributed by atoms with Gasteiger partial charge in [0, 0.05) is 37.4 Å². The lowest BCUT2D eigenvalue weighted by atomic mass is 10.0. The average Bonchev–Trinajstić information content (AvgIpc) is 3.02. The number of nitrogens with one attached hydrogen (secondary N) is 1. The quantitative estimate of drug-likeness (QED) is 0.898. The third-order valence-electron chi connectivity index (χ3n) is 4.87. The molecule has 1 unspecified atom stereocenters. The Morgan fingerprint density at radius 3 is 2.38 bits per heavy atom. The van der Waals surface area contributed by atoms with Crippen molar-refractivity contribution in [3.8, 4) is 0 Å². The van der Waals surface area contributed by atoms with Gasteiger partial charge in [-0.1, -0.05) is 18.2 Å². The van der Waals surface area contributed by atoms with E-state index in [2.05, 4.69) is 52.4 Å². The Morgan fingerprint density at radius 1 is 1.05 bits per heavy atom. The molecule has 0 amide bonds. The van der Waals surface area contributed by atoms with E-state index in [1.807, 2.05) is 0 Å². The molecule has 0 saturated carbocycles. The summed E-state index contributed by atoms with van der Waals surface area (Å²) in [6.45, 7) is 8.54. The number of hydrogen-bond acceptors (Lipinski definition) is 3. The summed E-state index contributed by atoms with van der Waals surface area (Å²) in [5.41, 5.74) is 1.38. The molecule has 0 spiro atoms. The molecule has 1 atom stereocenters. The van der Waals surface area contributed by atoms with Crippen LogP contribution in [-0.2, 0) is 0 Å². The highest BCUT2D eigenvalue weighted by Gasteiger charge is 2.22. The minimum Gasteiger partial charge on any atom is -0.371 e. The molecule has 0 aliphatic carbocycles. The number of benzene rings is 1. The van der Waals surface area contributed by atoms with Gasteiger partial charge >= 0.3 is 0 Å². The zero-order valence-corrected chi connectivity index (χ0v) is 13.3. The second-order valence-electron chi connectivity index (χ2n) is 6.67. The van der Waals surface area contributed by atoms with Crippen LogP contribution in [0.3, 0.4) is 0 Å². The Bertz CT molecular complexity index is 406. The Hall–Kier alpha value is -1.06. The van der Waals surface area contributed by atoms with Gasteiger partial charge < -0.3 is 15.1 Å². The molecule has 3 nitrogen and oxygen atoms in total. The van der Waals surface area contributed by atoms with E-state index in [0.29, 0.717) is 12.1 Å². The molecule has 0 radical (unpaired) electrons. The van der Waals surface area contributed by atoms with Crippen LogP contribution in [-0.4, -0.2) is 49.7 Å². The molecule has 2 aliphatic heterocycles. The van der Waals surface area contributed by atoms with Gasteiger partial charge in [0.15, 0.2) is 0 Å². The van der Waals surface area contributed by atoms with Crippen LogP contribution in [0.4, 0.5) is 5.69 Å². The van der Waals surface area contributed by atoms with Gasteiger partial charge in [-0.3, -0.25) is 0 Å². The van der Waals surface area contributed by atoms with E-state index in [4.69, 9.17) is 0 Å². The van der Waals surface area contributed by atoms with Crippen LogP contribution in [0, 0.1) is 0 Å². The standard InChI is InChI=1S/C18H29N3/c1-16(15-20-11-5-6-12-20)19-17-9-13-21(14-10-17)18-7-3-2-4-8-18/h2-4,7-8,16-17,19H,5-6,9-15H2,1H3. The minimum atomic E-state index is 0.622. The molecule has 1 N–H and O–H groups in total. The van der Waals surface area contributed by atoms with Crippen molar-refractivity contribution in [2.45, 2.75) is 44.7 Å². The second-order valence-corrected chi connectivity index (χ2v) is 6.67. The van der Waals surface area contributed by atoms with Gasteiger partial charge in [0.2, 0.25) is 0 Å². The van der Waals surface area contributed by atoms with Crippen molar-refractivity contribution in [3.05, 3.63) is 30.3 Å². The summed E-state index contributed by atoms with van der Waals surface area (Å²) in [5.74, 6) is 0. The molecule has 2 saturated heterocycles. The Balaban J connectivity index is 1.41. The highest BCUT2D eigenvalue weighted by atomic mass is 15.2. The second kappa shape index (κ2) is 7.28. The first-order chi connectivity index (χ1) is 10.3. The number of likely N-dealkylation sites (tertiary alicyclic amines) is 1. The fraction of sp³-hybridized carbons (Fsp3) is 0.667. The first-order valence-electron chi connectivity index (χ1n) is 8.59. The maximum atomic E-state index is 3.85. The molecule has 0 aromatic heterocycles. The van der Waals surface area contributed by atoms with Crippen molar-refractivity contribution >= 4 is 5.69 Å². The topological polar surface area (TPSA) is 18.5 Å². The van der Waals surface area contributed by atoms with E-state index in [-0.39, 0.29) is 0 Å². The lowest BCUT2D eigenvalue weighted by Crippen LogP contribution is -2.48. The number of nitrogens with zero attached hydrogens (tertiary/aromatic N) is 2.